The summed E-state index contributed by atoms with van der Waals surface area (Å²) >= 11 is 0. The van der Waals surface area contributed by atoms with Gasteiger partial charge in [0.2, 0.25) is 6.23 Å². The van der Waals surface area contributed by atoms with Crippen molar-refractivity contribution in [1.82, 2.24) is 10.2 Å². The Balaban J connectivity index is 2.09. The average molecular weight is 419 g/mol. The van der Waals surface area contributed by atoms with E-state index < -0.39 is 22.5 Å². The lowest BCUT2D eigenvalue weighted by molar-refractivity contribution is -0.386. The van der Waals surface area contributed by atoms with Crippen LogP contribution < -0.4 is 10.1 Å². The number of nitro benzene ring substituents is 1. The number of hydrogen-bond donors (Lipinski definition) is 1. The molecule has 1 amide bonds. The standard InChI is InChI=1S/C21H29N3O6/c1-12(2)29-17-11-15-14(10-16(17)24(27)28)18(25)23(13-6-8-22-9-7-13)19(15)30-20(26)21(3,4)5/h10-13,19,22H,6-9H2,1-5H3. The van der Waals surface area contributed by atoms with Crippen LogP contribution in [-0.2, 0) is 9.53 Å². The molecule has 0 aliphatic carbocycles. The first kappa shape index (κ1) is 22.0. The highest BCUT2D eigenvalue weighted by Gasteiger charge is 2.46. The van der Waals surface area contributed by atoms with Crippen LogP contribution in [-0.4, -0.2) is 46.9 Å². The van der Waals surface area contributed by atoms with E-state index in [1.54, 1.807) is 39.5 Å². The van der Waals surface area contributed by atoms with Gasteiger partial charge in [-0.3, -0.25) is 24.6 Å². The summed E-state index contributed by atoms with van der Waals surface area (Å²) in [5, 5.41) is 14.8. The molecule has 1 unspecified atom stereocenters. The number of benzene rings is 1. The van der Waals surface area contributed by atoms with Crippen molar-refractivity contribution in [3.8, 4) is 5.75 Å². The molecule has 0 aromatic heterocycles. The minimum atomic E-state index is -0.933. The largest absolute Gasteiger partial charge is 0.484 e. The van der Waals surface area contributed by atoms with Crippen LogP contribution in [0.3, 0.4) is 0 Å². The molecule has 1 saturated heterocycles. The van der Waals surface area contributed by atoms with Crippen molar-refractivity contribution in [2.75, 3.05) is 13.1 Å². The summed E-state index contributed by atoms with van der Waals surface area (Å²) in [6, 6.07) is 2.60. The highest BCUT2D eigenvalue weighted by Crippen LogP contribution is 2.44. The smallest absolute Gasteiger partial charge is 0.313 e. The van der Waals surface area contributed by atoms with Crippen molar-refractivity contribution >= 4 is 17.6 Å². The zero-order valence-corrected chi connectivity index (χ0v) is 18.1. The number of nitro groups is 1. The van der Waals surface area contributed by atoms with E-state index in [0.29, 0.717) is 18.4 Å². The minimum Gasteiger partial charge on any atom is -0.484 e. The number of carbonyl (C=O) groups excluding carboxylic acids is 2. The molecule has 164 valence electrons. The first-order valence-corrected chi connectivity index (χ1v) is 10.2. The lowest BCUT2D eigenvalue weighted by Gasteiger charge is -2.36. The van der Waals surface area contributed by atoms with Crippen LogP contribution in [0, 0.1) is 15.5 Å². The van der Waals surface area contributed by atoms with Gasteiger partial charge >= 0.3 is 11.7 Å². The Bertz CT molecular complexity index is 855. The lowest BCUT2D eigenvalue weighted by atomic mass is 9.97. The highest BCUT2D eigenvalue weighted by molar-refractivity contribution is 6.00. The molecule has 2 aliphatic rings. The van der Waals surface area contributed by atoms with Gasteiger partial charge in [0.25, 0.3) is 5.91 Å². The number of esters is 1. The Kier molecular flexibility index (Phi) is 6.03. The van der Waals surface area contributed by atoms with Crippen LogP contribution in [0.1, 0.15) is 69.6 Å². The number of ether oxygens (including phenoxy) is 2. The first-order valence-electron chi connectivity index (χ1n) is 10.2. The molecule has 2 aliphatic heterocycles. The molecule has 9 nitrogen and oxygen atoms in total. The van der Waals surface area contributed by atoms with Crippen molar-refractivity contribution in [3.63, 3.8) is 0 Å². The van der Waals surface area contributed by atoms with Gasteiger partial charge in [0.05, 0.1) is 22.0 Å². The fourth-order valence-electron chi connectivity index (χ4n) is 3.70. The first-order chi connectivity index (χ1) is 14.0. The van der Waals surface area contributed by atoms with Crippen LogP contribution in [0.25, 0.3) is 0 Å². The summed E-state index contributed by atoms with van der Waals surface area (Å²) in [6.45, 7) is 10.2. The normalized spacial score (nSPS) is 19.7. The SMILES string of the molecule is CC(C)Oc1cc2c(cc1[N+](=O)[O-])C(=O)N(C1CCNCC1)C2OC(=O)C(C)(C)C. The van der Waals surface area contributed by atoms with E-state index in [4.69, 9.17) is 9.47 Å². The maximum Gasteiger partial charge on any atom is 0.313 e. The third kappa shape index (κ3) is 4.26. The molecular formula is C21H29N3O6. The number of fused-ring (bicyclic) bond motifs is 1. The van der Waals surface area contributed by atoms with Crippen LogP contribution in [0.15, 0.2) is 12.1 Å². The van der Waals surface area contributed by atoms with E-state index in [1.165, 1.54) is 12.1 Å². The van der Waals surface area contributed by atoms with Crippen LogP contribution in [0.5, 0.6) is 5.75 Å². The Hall–Kier alpha value is -2.68. The zero-order valence-electron chi connectivity index (χ0n) is 18.1. The predicted octanol–water partition coefficient (Wildman–Crippen LogP) is 3.18. The molecule has 9 heteroatoms. The maximum absolute atomic E-state index is 13.3. The molecule has 1 atom stereocenters. The van der Waals surface area contributed by atoms with E-state index in [0.717, 1.165) is 13.1 Å². The topological polar surface area (TPSA) is 111 Å². The third-order valence-electron chi connectivity index (χ3n) is 5.21. The van der Waals surface area contributed by atoms with Crippen LogP contribution >= 0.6 is 0 Å². The Morgan fingerprint density at radius 1 is 1.27 bits per heavy atom. The summed E-state index contributed by atoms with van der Waals surface area (Å²) in [5.74, 6) is -0.745. The molecule has 1 aromatic carbocycles. The number of carbonyl (C=O) groups is 2. The van der Waals surface area contributed by atoms with Gasteiger partial charge in [-0.05, 0) is 66.6 Å². The van der Waals surface area contributed by atoms with Crippen molar-refractivity contribution in [3.05, 3.63) is 33.4 Å². The summed E-state index contributed by atoms with van der Waals surface area (Å²) < 4.78 is 11.5. The number of nitrogens with one attached hydrogen (secondary N) is 1. The number of piperidine rings is 1. The van der Waals surface area contributed by atoms with Crippen molar-refractivity contribution in [2.45, 2.75) is 65.8 Å². The zero-order chi connectivity index (χ0) is 22.2. The van der Waals surface area contributed by atoms with Gasteiger partial charge in [0.15, 0.2) is 5.75 Å². The van der Waals surface area contributed by atoms with Crippen molar-refractivity contribution < 1.29 is 24.0 Å². The maximum atomic E-state index is 13.3. The second-order valence-corrected chi connectivity index (χ2v) is 9.03. The van der Waals surface area contributed by atoms with E-state index >= 15 is 0 Å². The van der Waals surface area contributed by atoms with Gasteiger partial charge in [0, 0.05) is 17.7 Å². The van der Waals surface area contributed by atoms with Crippen LogP contribution in [0.4, 0.5) is 5.69 Å². The third-order valence-corrected chi connectivity index (χ3v) is 5.21. The van der Waals surface area contributed by atoms with E-state index in [2.05, 4.69) is 5.32 Å². The summed E-state index contributed by atoms with van der Waals surface area (Å²) in [5.41, 5.74) is -0.423. The number of hydrogen-bond acceptors (Lipinski definition) is 7. The number of amides is 1. The average Bonchev–Trinajstić information content (AvgIpc) is 2.91. The molecule has 2 heterocycles. The molecule has 1 aromatic rings. The summed E-state index contributed by atoms with van der Waals surface area (Å²) in [7, 11) is 0. The van der Waals surface area contributed by atoms with Gasteiger partial charge in [-0.1, -0.05) is 0 Å². The van der Waals surface area contributed by atoms with Gasteiger partial charge in [-0.15, -0.1) is 0 Å². The monoisotopic (exact) mass is 419 g/mol. The van der Waals surface area contributed by atoms with E-state index in [9.17, 15) is 19.7 Å². The van der Waals surface area contributed by atoms with E-state index in [-0.39, 0.29) is 35.1 Å². The molecule has 0 spiro atoms. The molecule has 0 bridgehead atoms. The molecule has 30 heavy (non-hydrogen) atoms. The van der Waals surface area contributed by atoms with Gasteiger partial charge in [-0.2, -0.15) is 0 Å². The molecule has 1 N–H and O–H groups in total. The van der Waals surface area contributed by atoms with Gasteiger partial charge < -0.3 is 14.8 Å². The second kappa shape index (κ2) is 8.22. The number of rotatable bonds is 5. The molecule has 0 saturated carbocycles. The molecular weight excluding hydrogens is 390 g/mol. The molecule has 1 fully saturated rings. The second-order valence-electron chi connectivity index (χ2n) is 9.03. The number of nitrogens with zero attached hydrogens (tertiary/aromatic N) is 2. The van der Waals surface area contributed by atoms with Crippen molar-refractivity contribution in [1.29, 1.82) is 0 Å². The Morgan fingerprint density at radius 3 is 2.43 bits per heavy atom. The Labute approximate surface area is 175 Å². The highest BCUT2D eigenvalue weighted by atomic mass is 16.6. The van der Waals surface area contributed by atoms with Crippen LogP contribution in [0.2, 0.25) is 0 Å². The summed E-state index contributed by atoms with van der Waals surface area (Å²) in [6.07, 6.45) is 0.189. The summed E-state index contributed by atoms with van der Waals surface area (Å²) in [4.78, 5) is 38.6. The van der Waals surface area contributed by atoms with Crippen molar-refractivity contribution in [2.24, 2.45) is 5.41 Å². The van der Waals surface area contributed by atoms with E-state index in [1.807, 2.05) is 0 Å². The van der Waals surface area contributed by atoms with Gasteiger partial charge in [-0.25, -0.2) is 0 Å². The fourth-order valence-corrected chi connectivity index (χ4v) is 3.70. The lowest BCUT2D eigenvalue weighted by Crippen LogP contribution is -2.46. The van der Waals surface area contributed by atoms with Gasteiger partial charge in [0.1, 0.15) is 0 Å². The molecule has 3 rings (SSSR count). The minimum absolute atomic E-state index is 0.0607. The quantitative estimate of drug-likeness (QED) is 0.443. The fraction of sp³-hybridized carbons (Fsp3) is 0.619. The Morgan fingerprint density at radius 2 is 1.90 bits per heavy atom. The molecule has 0 radical (unpaired) electrons. The predicted molar refractivity (Wildman–Crippen MR) is 109 cm³/mol.